The monoisotopic (exact) mass is 331 g/mol. The molecule has 23 heavy (non-hydrogen) atoms. The number of pyridine rings is 1. The third kappa shape index (κ3) is 5.38. The zero-order valence-corrected chi connectivity index (χ0v) is 12.9. The number of ether oxygens (including phenoxy) is 1. The molecule has 1 aliphatic rings. The van der Waals surface area contributed by atoms with Gasteiger partial charge in [-0.2, -0.15) is 13.2 Å². The van der Waals surface area contributed by atoms with Gasteiger partial charge in [-0.1, -0.05) is 0 Å². The lowest BCUT2D eigenvalue weighted by Crippen LogP contribution is -2.40. The quantitative estimate of drug-likeness (QED) is 0.869. The Labute approximate surface area is 132 Å². The molecule has 1 unspecified atom stereocenters. The molecule has 0 aliphatic carbocycles. The molecular weight excluding hydrogens is 311 g/mol. The first-order chi connectivity index (χ1) is 10.9. The molecule has 0 aromatic carbocycles. The van der Waals surface area contributed by atoms with Crippen molar-refractivity contribution in [2.24, 2.45) is 0 Å². The molecule has 2 rings (SSSR count). The minimum atomic E-state index is -4.48. The number of alkyl halides is 3. The Morgan fingerprint density at radius 1 is 1.43 bits per heavy atom. The van der Waals surface area contributed by atoms with E-state index in [1.54, 1.807) is 0 Å². The highest BCUT2D eigenvalue weighted by Crippen LogP contribution is 2.20. The van der Waals surface area contributed by atoms with Crippen molar-refractivity contribution in [3.63, 3.8) is 0 Å². The molecule has 1 atom stereocenters. The van der Waals surface area contributed by atoms with Gasteiger partial charge in [-0.05, 0) is 45.0 Å². The summed E-state index contributed by atoms with van der Waals surface area (Å²) in [5.74, 6) is -0.794. The Hall–Kier alpha value is -1.83. The van der Waals surface area contributed by atoms with E-state index in [-0.39, 0.29) is 17.5 Å². The molecule has 0 bridgehead atoms. The maximum atomic E-state index is 12.2. The van der Waals surface area contributed by atoms with Gasteiger partial charge >= 0.3 is 6.18 Å². The van der Waals surface area contributed by atoms with Crippen LogP contribution in [0.4, 0.5) is 13.2 Å². The smallest absolute Gasteiger partial charge is 0.422 e. The van der Waals surface area contributed by atoms with Crippen LogP contribution in [0.3, 0.4) is 0 Å². The van der Waals surface area contributed by atoms with E-state index in [1.807, 2.05) is 6.92 Å². The summed E-state index contributed by atoms with van der Waals surface area (Å²) in [4.78, 5) is 18.2. The highest BCUT2D eigenvalue weighted by molar-refractivity contribution is 5.96. The Morgan fingerprint density at radius 3 is 2.78 bits per heavy atom. The first-order valence-corrected chi connectivity index (χ1v) is 7.53. The van der Waals surface area contributed by atoms with Crippen LogP contribution in [0.5, 0.6) is 5.88 Å². The van der Waals surface area contributed by atoms with Crippen molar-refractivity contribution < 1.29 is 22.7 Å². The fraction of sp³-hybridized carbons (Fsp3) is 0.600. The van der Waals surface area contributed by atoms with Crippen molar-refractivity contribution in [1.29, 1.82) is 0 Å². The average Bonchev–Trinajstić information content (AvgIpc) is 3.04. The number of aromatic nitrogens is 1. The Bertz CT molecular complexity index is 531. The first-order valence-electron chi connectivity index (χ1n) is 7.53. The predicted molar refractivity (Wildman–Crippen MR) is 78.4 cm³/mol. The van der Waals surface area contributed by atoms with Gasteiger partial charge in [0.2, 0.25) is 5.88 Å². The first kappa shape index (κ1) is 17.5. The third-order valence-corrected chi connectivity index (χ3v) is 3.71. The van der Waals surface area contributed by atoms with Gasteiger partial charge in [0.05, 0.1) is 0 Å². The van der Waals surface area contributed by atoms with Crippen LogP contribution >= 0.6 is 0 Å². The largest absolute Gasteiger partial charge is 0.467 e. The van der Waals surface area contributed by atoms with E-state index in [0.29, 0.717) is 6.54 Å². The van der Waals surface area contributed by atoms with Crippen molar-refractivity contribution in [1.82, 2.24) is 15.2 Å². The number of nitrogens with one attached hydrogen (secondary N) is 1. The molecular formula is C15H20F3N3O2. The standard InChI is InChI=1S/C15H20F3N3O2/c1-11(21-7-2-3-8-21)9-20-13(22)12-5-4-6-19-14(12)23-10-15(16,17)18/h4-6,11H,2-3,7-10H2,1H3,(H,20,22). The summed E-state index contributed by atoms with van der Waals surface area (Å²) in [6.45, 7) is 2.96. The second-order valence-electron chi connectivity index (χ2n) is 5.56. The molecule has 1 aromatic rings. The Morgan fingerprint density at radius 2 is 2.13 bits per heavy atom. The number of hydrogen-bond donors (Lipinski definition) is 1. The highest BCUT2D eigenvalue weighted by Gasteiger charge is 2.29. The Kier molecular flexibility index (Phi) is 5.81. The van der Waals surface area contributed by atoms with Gasteiger partial charge < -0.3 is 10.1 Å². The lowest BCUT2D eigenvalue weighted by Gasteiger charge is -2.24. The molecule has 128 valence electrons. The summed E-state index contributed by atoms with van der Waals surface area (Å²) in [5, 5.41) is 2.73. The van der Waals surface area contributed by atoms with E-state index in [9.17, 15) is 18.0 Å². The number of hydrogen-bond acceptors (Lipinski definition) is 4. The molecule has 0 radical (unpaired) electrons. The molecule has 1 aromatic heterocycles. The van der Waals surface area contributed by atoms with Crippen LogP contribution in [-0.2, 0) is 0 Å². The number of halogens is 3. The van der Waals surface area contributed by atoms with Crippen molar-refractivity contribution >= 4 is 5.91 Å². The van der Waals surface area contributed by atoms with Gasteiger partial charge in [0.15, 0.2) is 6.61 Å². The van der Waals surface area contributed by atoms with Crippen molar-refractivity contribution in [3.05, 3.63) is 23.9 Å². The maximum absolute atomic E-state index is 12.2. The summed E-state index contributed by atoms with van der Waals surface area (Å²) in [7, 11) is 0. The van der Waals surface area contributed by atoms with E-state index in [0.717, 1.165) is 25.9 Å². The number of nitrogens with zero attached hydrogens (tertiary/aromatic N) is 2. The molecule has 1 amide bonds. The van der Waals surface area contributed by atoms with Gasteiger partial charge in [-0.25, -0.2) is 4.98 Å². The van der Waals surface area contributed by atoms with Gasteiger partial charge in [0.1, 0.15) is 5.56 Å². The summed E-state index contributed by atoms with van der Waals surface area (Å²) >= 11 is 0. The second kappa shape index (κ2) is 7.63. The summed E-state index contributed by atoms with van der Waals surface area (Å²) in [5.41, 5.74) is 0.00497. The minimum Gasteiger partial charge on any atom is -0.467 e. The van der Waals surface area contributed by atoms with Crippen LogP contribution in [-0.4, -0.2) is 54.3 Å². The molecule has 1 aliphatic heterocycles. The fourth-order valence-electron chi connectivity index (χ4n) is 2.48. The van der Waals surface area contributed by atoms with E-state index >= 15 is 0 Å². The minimum absolute atomic E-state index is 0.00497. The van der Waals surface area contributed by atoms with Gasteiger partial charge in [0, 0.05) is 18.8 Å². The van der Waals surface area contributed by atoms with E-state index < -0.39 is 18.7 Å². The number of carbonyl (C=O) groups excluding carboxylic acids is 1. The SMILES string of the molecule is CC(CNC(=O)c1cccnc1OCC(F)(F)F)N1CCCC1. The molecule has 0 saturated carbocycles. The second-order valence-corrected chi connectivity index (χ2v) is 5.56. The summed E-state index contributed by atoms with van der Waals surface area (Å²) in [6, 6.07) is 3.06. The van der Waals surface area contributed by atoms with Gasteiger partial charge in [-0.3, -0.25) is 9.69 Å². The van der Waals surface area contributed by atoms with Crippen LogP contribution in [0.25, 0.3) is 0 Å². The summed E-state index contributed by atoms with van der Waals surface area (Å²) < 4.78 is 41.3. The van der Waals surface area contributed by atoms with Crippen LogP contribution in [0.1, 0.15) is 30.1 Å². The van der Waals surface area contributed by atoms with E-state index in [1.165, 1.54) is 18.3 Å². The van der Waals surface area contributed by atoms with E-state index in [4.69, 9.17) is 0 Å². The normalized spacial score (nSPS) is 17.0. The zero-order chi connectivity index (χ0) is 16.9. The molecule has 2 heterocycles. The Balaban J connectivity index is 1.93. The number of carbonyl (C=O) groups is 1. The van der Waals surface area contributed by atoms with E-state index in [2.05, 4.69) is 19.9 Å². The molecule has 5 nitrogen and oxygen atoms in total. The molecule has 1 N–H and O–H groups in total. The van der Waals surface area contributed by atoms with Gasteiger partial charge in [-0.15, -0.1) is 0 Å². The number of rotatable bonds is 6. The number of likely N-dealkylation sites (tertiary alicyclic amines) is 1. The molecule has 1 fully saturated rings. The predicted octanol–water partition coefficient (Wildman–Crippen LogP) is 2.24. The van der Waals surface area contributed by atoms with Crippen molar-refractivity contribution in [2.75, 3.05) is 26.2 Å². The van der Waals surface area contributed by atoms with Crippen molar-refractivity contribution in [3.8, 4) is 5.88 Å². The third-order valence-electron chi connectivity index (χ3n) is 3.71. The average molecular weight is 331 g/mol. The molecule has 0 spiro atoms. The lowest BCUT2D eigenvalue weighted by atomic mass is 10.2. The van der Waals surface area contributed by atoms with Crippen molar-refractivity contribution in [2.45, 2.75) is 32.0 Å². The highest BCUT2D eigenvalue weighted by atomic mass is 19.4. The van der Waals surface area contributed by atoms with Crippen LogP contribution < -0.4 is 10.1 Å². The fourth-order valence-corrected chi connectivity index (χ4v) is 2.48. The van der Waals surface area contributed by atoms with Crippen LogP contribution in [0, 0.1) is 0 Å². The van der Waals surface area contributed by atoms with Crippen LogP contribution in [0.2, 0.25) is 0 Å². The molecule has 8 heteroatoms. The lowest BCUT2D eigenvalue weighted by molar-refractivity contribution is -0.154. The topological polar surface area (TPSA) is 54.5 Å². The zero-order valence-electron chi connectivity index (χ0n) is 12.9. The molecule has 1 saturated heterocycles. The maximum Gasteiger partial charge on any atom is 0.422 e. The summed E-state index contributed by atoms with van der Waals surface area (Å²) in [6.07, 6.45) is -0.891. The van der Waals surface area contributed by atoms with Crippen LogP contribution in [0.15, 0.2) is 18.3 Å². The van der Waals surface area contributed by atoms with Gasteiger partial charge in [0.25, 0.3) is 5.91 Å². The number of amides is 1.